The molecule has 0 radical (unpaired) electrons. The molecule has 1 nitrogen and oxygen atoms in total. The maximum Gasteiger partial charge on any atom is 0.00156 e. The van der Waals surface area contributed by atoms with Gasteiger partial charge in [-0.25, -0.2) is 0 Å². The van der Waals surface area contributed by atoms with Crippen LogP contribution in [0.2, 0.25) is 0 Å². The first kappa shape index (κ1) is 13.0. The third-order valence-corrected chi connectivity index (χ3v) is 2.94. The number of hydrogen-bond donors (Lipinski definition) is 0. The van der Waals surface area contributed by atoms with Gasteiger partial charge < -0.3 is 4.90 Å². The van der Waals surface area contributed by atoms with E-state index in [-0.39, 0.29) is 0 Å². The largest absolute Gasteiger partial charge is 0.306 e. The van der Waals surface area contributed by atoms with Gasteiger partial charge in [0.25, 0.3) is 0 Å². The number of hydrogen-bond acceptors (Lipinski definition) is 1. The molecule has 1 fully saturated rings. The topological polar surface area (TPSA) is 3.24 Å². The molecule has 0 spiro atoms. The Hall–Kier alpha value is -1.08. The monoisotopic (exact) mass is 217 g/mol. The first-order chi connectivity index (χ1) is 7.76. The van der Waals surface area contributed by atoms with Gasteiger partial charge >= 0.3 is 0 Å². The van der Waals surface area contributed by atoms with Gasteiger partial charge in [-0.15, -0.1) is 0 Å². The Kier molecular flexibility index (Phi) is 5.87. The van der Waals surface area contributed by atoms with Crippen molar-refractivity contribution in [3.8, 4) is 0 Å². The Labute approximate surface area is 99.8 Å². The van der Waals surface area contributed by atoms with E-state index in [1.54, 1.807) is 5.57 Å². The molecule has 0 bridgehead atoms. The predicted octanol–water partition coefficient (Wildman–Crippen LogP) is 3.72. The van der Waals surface area contributed by atoms with Crippen molar-refractivity contribution in [3.05, 3.63) is 48.1 Å². The normalized spacial score (nSPS) is 22.6. The van der Waals surface area contributed by atoms with Gasteiger partial charge in [-0.2, -0.15) is 0 Å². The van der Waals surface area contributed by atoms with Crippen LogP contribution in [0.4, 0.5) is 0 Å². The summed E-state index contributed by atoms with van der Waals surface area (Å²) in [6.07, 6.45) is 14.2. The van der Waals surface area contributed by atoms with Crippen molar-refractivity contribution in [1.82, 2.24) is 4.90 Å². The average molecular weight is 217 g/mol. The highest BCUT2D eigenvalue weighted by atomic mass is 15.1. The number of allylic oxidation sites excluding steroid dienone is 6. The first-order valence-electron chi connectivity index (χ1n) is 6.09. The Morgan fingerprint density at radius 2 is 2.12 bits per heavy atom. The van der Waals surface area contributed by atoms with E-state index in [0.29, 0.717) is 0 Å². The molecule has 1 heteroatoms. The van der Waals surface area contributed by atoms with E-state index in [2.05, 4.69) is 36.8 Å². The molecule has 0 N–H and O–H groups in total. The summed E-state index contributed by atoms with van der Waals surface area (Å²) in [7, 11) is 2.20. The minimum absolute atomic E-state index is 1.18. The lowest BCUT2D eigenvalue weighted by Crippen LogP contribution is -2.18. The Bertz CT molecular complexity index is 307. The lowest BCUT2D eigenvalue weighted by molar-refractivity contribution is 0.351. The van der Waals surface area contributed by atoms with E-state index in [1.165, 1.54) is 37.9 Å². The molecule has 1 rings (SSSR count). The van der Waals surface area contributed by atoms with Crippen LogP contribution < -0.4 is 0 Å². The Balaban J connectivity index is 2.69. The van der Waals surface area contributed by atoms with Gasteiger partial charge in [0.2, 0.25) is 0 Å². The molecule has 0 aromatic carbocycles. The van der Waals surface area contributed by atoms with Crippen LogP contribution in [0.3, 0.4) is 0 Å². The molecule has 0 aromatic rings. The highest BCUT2D eigenvalue weighted by Gasteiger charge is 2.07. The summed E-state index contributed by atoms with van der Waals surface area (Å²) in [6, 6.07) is 0. The maximum absolute atomic E-state index is 3.86. The fraction of sp³-hybridized carbons (Fsp3) is 0.467. The summed E-state index contributed by atoms with van der Waals surface area (Å²) in [5.41, 5.74) is 2.78. The van der Waals surface area contributed by atoms with E-state index in [4.69, 9.17) is 0 Å². The maximum atomic E-state index is 3.86. The van der Waals surface area contributed by atoms with E-state index in [1.807, 2.05) is 19.1 Å². The van der Waals surface area contributed by atoms with Crippen LogP contribution in [0.25, 0.3) is 0 Å². The third-order valence-electron chi connectivity index (χ3n) is 2.94. The lowest BCUT2D eigenvalue weighted by atomic mass is 10.0. The van der Waals surface area contributed by atoms with E-state index in [9.17, 15) is 0 Å². The third kappa shape index (κ3) is 4.63. The van der Waals surface area contributed by atoms with Crippen LogP contribution in [0.1, 0.15) is 26.2 Å². The molecule has 0 unspecified atom stereocenters. The molecule has 0 aromatic heterocycles. The van der Waals surface area contributed by atoms with Crippen molar-refractivity contribution in [1.29, 1.82) is 0 Å². The Morgan fingerprint density at radius 1 is 1.31 bits per heavy atom. The summed E-state index contributed by atoms with van der Waals surface area (Å²) in [5, 5.41) is 0. The van der Waals surface area contributed by atoms with Crippen molar-refractivity contribution in [3.63, 3.8) is 0 Å². The van der Waals surface area contributed by atoms with Crippen LogP contribution >= 0.6 is 0 Å². The molecule has 1 aliphatic rings. The first-order valence-corrected chi connectivity index (χ1v) is 6.09. The summed E-state index contributed by atoms with van der Waals surface area (Å²) in [6.45, 7) is 8.30. The number of nitrogens with zero attached hydrogens (tertiary/aromatic N) is 1. The molecule has 1 heterocycles. The van der Waals surface area contributed by atoms with E-state index in [0.717, 1.165) is 0 Å². The zero-order valence-corrected chi connectivity index (χ0v) is 10.6. The van der Waals surface area contributed by atoms with Crippen molar-refractivity contribution >= 4 is 0 Å². The van der Waals surface area contributed by atoms with Gasteiger partial charge in [0.15, 0.2) is 0 Å². The predicted molar refractivity (Wildman–Crippen MR) is 72.5 cm³/mol. The molecule has 1 saturated heterocycles. The molecular formula is C15H23N. The van der Waals surface area contributed by atoms with Gasteiger partial charge in [-0.3, -0.25) is 0 Å². The quantitative estimate of drug-likeness (QED) is 0.651. The van der Waals surface area contributed by atoms with Gasteiger partial charge in [0.05, 0.1) is 0 Å². The van der Waals surface area contributed by atoms with Crippen LogP contribution in [0, 0.1) is 0 Å². The van der Waals surface area contributed by atoms with Gasteiger partial charge in [-0.1, -0.05) is 42.5 Å². The molecule has 88 valence electrons. The van der Waals surface area contributed by atoms with Gasteiger partial charge in [0.1, 0.15) is 0 Å². The second kappa shape index (κ2) is 7.24. The minimum atomic E-state index is 1.18. The molecule has 0 atom stereocenters. The molecule has 1 aliphatic heterocycles. The second-order valence-electron chi connectivity index (χ2n) is 4.36. The van der Waals surface area contributed by atoms with Crippen molar-refractivity contribution in [2.75, 3.05) is 20.1 Å². The fourth-order valence-corrected chi connectivity index (χ4v) is 1.91. The summed E-state index contributed by atoms with van der Waals surface area (Å²) in [4.78, 5) is 2.41. The zero-order valence-electron chi connectivity index (χ0n) is 10.6. The van der Waals surface area contributed by atoms with Crippen LogP contribution in [-0.2, 0) is 0 Å². The van der Waals surface area contributed by atoms with Crippen molar-refractivity contribution < 1.29 is 0 Å². The van der Waals surface area contributed by atoms with E-state index < -0.39 is 0 Å². The molecule has 0 saturated carbocycles. The average Bonchev–Trinajstić information content (AvgIpc) is 2.49. The van der Waals surface area contributed by atoms with Gasteiger partial charge in [0, 0.05) is 6.54 Å². The van der Waals surface area contributed by atoms with Crippen LogP contribution in [0.5, 0.6) is 0 Å². The van der Waals surface area contributed by atoms with Crippen LogP contribution in [-0.4, -0.2) is 25.0 Å². The Morgan fingerprint density at radius 3 is 2.81 bits per heavy atom. The number of likely N-dealkylation sites (tertiary alicyclic amines) is 1. The van der Waals surface area contributed by atoms with Crippen molar-refractivity contribution in [2.24, 2.45) is 0 Å². The highest BCUT2D eigenvalue weighted by molar-refractivity contribution is 5.35. The molecule has 0 amide bonds. The SMILES string of the molecule is C=CC(/C=C1/CCCN(C)CC1)=C\C=C/C. The molecule has 16 heavy (non-hydrogen) atoms. The zero-order chi connectivity index (χ0) is 11.8. The lowest BCUT2D eigenvalue weighted by Gasteiger charge is -2.10. The summed E-state index contributed by atoms with van der Waals surface area (Å²) >= 11 is 0. The van der Waals surface area contributed by atoms with Crippen molar-refractivity contribution in [2.45, 2.75) is 26.2 Å². The number of rotatable bonds is 3. The fourth-order valence-electron chi connectivity index (χ4n) is 1.91. The minimum Gasteiger partial charge on any atom is -0.306 e. The van der Waals surface area contributed by atoms with Gasteiger partial charge in [-0.05, 0) is 45.4 Å². The smallest absolute Gasteiger partial charge is 0.00156 e. The second-order valence-corrected chi connectivity index (χ2v) is 4.36. The van der Waals surface area contributed by atoms with Crippen LogP contribution in [0.15, 0.2) is 48.1 Å². The summed E-state index contributed by atoms with van der Waals surface area (Å²) in [5.74, 6) is 0. The molecular weight excluding hydrogens is 194 g/mol. The standard InChI is InChI=1S/C15H23N/c1-4-6-8-14(5-2)13-15-9-7-11-16(3)12-10-15/h4-6,8,13H,2,7,9-12H2,1,3H3/b6-4-,14-8+,15-13-. The summed E-state index contributed by atoms with van der Waals surface area (Å²) < 4.78 is 0. The molecule has 0 aliphatic carbocycles. The highest BCUT2D eigenvalue weighted by Crippen LogP contribution is 2.18. The van der Waals surface area contributed by atoms with E-state index >= 15 is 0 Å².